The summed E-state index contributed by atoms with van der Waals surface area (Å²) in [5.41, 5.74) is 8.48. The normalized spacial score (nSPS) is 11.4. The number of aryl methyl sites for hydroxylation is 2. The van der Waals surface area contributed by atoms with Crippen LogP contribution in [0.4, 0.5) is 0 Å². The third kappa shape index (κ3) is 3.64. The maximum Gasteiger partial charge on any atom is 0.161 e. The van der Waals surface area contributed by atoms with Gasteiger partial charge in [-0.05, 0) is 55.0 Å². The highest BCUT2D eigenvalue weighted by Gasteiger charge is 2.16. The van der Waals surface area contributed by atoms with E-state index in [1.165, 1.54) is 11.1 Å². The second kappa shape index (κ2) is 6.10. The van der Waals surface area contributed by atoms with Gasteiger partial charge in [-0.2, -0.15) is 0 Å². The molecule has 102 valence electrons. The van der Waals surface area contributed by atoms with E-state index in [1.807, 2.05) is 6.07 Å². The van der Waals surface area contributed by atoms with Crippen molar-refractivity contribution in [1.82, 2.24) is 0 Å². The molecular formula is C15H25NO2. The number of benzene rings is 1. The first-order chi connectivity index (χ1) is 8.43. The molecule has 0 aromatic heterocycles. The molecule has 0 heterocycles. The fourth-order valence-corrected chi connectivity index (χ4v) is 1.87. The molecule has 2 N–H and O–H groups in total. The molecule has 0 spiro atoms. The fourth-order valence-electron chi connectivity index (χ4n) is 1.87. The topological polar surface area (TPSA) is 44.5 Å². The summed E-state index contributed by atoms with van der Waals surface area (Å²) in [5, 5.41) is 0. The summed E-state index contributed by atoms with van der Waals surface area (Å²) in [6.45, 7) is 7.21. The maximum atomic E-state index is 5.77. The molecular weight excluding hydrogens is 226 g/mol. The van der Waals surface area contributed by atoms with Gasteiger partial charge in [-0.15, -0.1) is 0 Å². The number of methoxy groups -OCH3 is 2. The zero-order valence-electron chi connectivity index (χ0n) is 12.2. The minimum Gasteiger partial charge on any atom is -0.493 e. The largest absolute Gasteiger partial charge is 0.493 e. The van der Waals surface area contributed by atoms with Crippen molar-refractivity contribution in [3.8, 4) is 11.5 Å². The van der Waals surface area contributed by atoms with E-state index in [0.29, 0.717) is 6.54 Å². The first kappa shape index (κ1) is 14.8. The minimum atomic E-state index is 0.180. The van der Waals surface area contributed by atoms with Crippen molar-refractivity contribution in [2.24, 2.45) is 11.1 Å². The molecule has 0 bridgehead atoms. The zero-order chi connectivity index (χ0) is 13.8. The van der Waals surface area contributed by atoms with Gasteiger partial charge in [0, 0.05) is 0 Å². The Hall–Kier alpha value is -1.22. The second-order valence-electron chi connectivity index (χ2n) is 5.50. The highest BCUT2D eigenvalue weighted by atomic mass is 16.5. The van der Waals surface area contributed by atoms with Crippen LogP contribution in [0.2, 0.25) is 0 Å². The summed E-state index contributed by atoms with van der Waals surface area (Å²) in [6, 6.07) is 4.10. The number of hydrogen-bond donors (Lipinski definition) is 1. The Morgan fingerprint density at radius 3 is 2.17 bits per heavy atom. The highest BCUT2D eigenvalue weighted by Crippen LogP contribution is 2.32. The average molecular weight is 251 g/mol. The van der Waals surface area contributed by atoms with E-state index in [-0.39, 0.29) is 5.41 Å². The Labute approximate surface area is 110 Å². The van der Waals surface area contributed by atoms with Gasteiger partial charge >= 0.3 is 0 Å². The van der Waals surface area contributed by atoms with Gasteiger partial charge in [0.15, 0.2) is 11.5 Å². The quantitative estimate of drug-likeness (QED) is 0.845. The molecule has 1 aromatic rings. The third-order valence-electron chi connectivity index (χ3n) is 3.47. The summed E-state index contributed by atoms with van der Waals surface area (Å²) in [4.78, 5) is 0. The van der Waals surface area contributed by atoms with E-state index in [0.717, 1.165) is 24.3 Å². The summed E-state index contributed by atoms with van der Waals surface area (Å²) in [6.07, 6.45) is 2.08. The zero-order valence-corrected chi connectivity index (χ0v) is 12.2. The van der Waals surface area contributed by atoms with E-state index >= 15 is 0 Å². The summed E-state index contributed by atoms with van der Waals surface area (Å²) < 4.78 is 10.6. The van der Waals surface area contributed by atoms with Gasteiger partial charge in [-0.1, -0.05) is 13.8 Å². The summed E-state index contributed by atoms with van der Waals surface area (Å²) in [7, 11) is 3.33. The molecule has 0 radical (unpaired) electrons. The van der Waals surface area contributed by atoms with E-state index in [4.69, 9.17) is 15.2 Å². The van der Waals surface area contributed by atoms with Crippen LogP contribution in [-0.2, 0) is 6.42 Å². The predicted molar refractivity (Wildman–Crippen MR) is 75.4 cm³/mol. The fraction of sp³-hybridized carbons (Fsp3) is 0.600. The first-order valence-electron chi connectivity index (χ1n) is 6.35. The van der Waals surface area contributed by atoms with Crippen LogP contribution < -0.4 is 15.2 Å². The lowest BCUT2D eigenvalue weighted by atomic mass is 9.85. The van der Waals surface area contributed by atoms with Gasteiger partial charge in [0.1, 0.15) is 0 Å². The molecule has 0 amide bonds. The van der Waals surface area contributed by atoms with Crippen molar-refractivity contribution in [2.75, 3.05) is 20.8 Å². The number of nitrogens with two attached hydrogens (primary N) is 1. The van der Waals surface area contributed by atoms with Crippen LogP contribution in [0.25, 0.3) is 0 Å². The number of hydrogen-bond acceptors (Lipinski definition) is 3. The molecule has 0 saturated carbocycles. The minimum absolute atomic E-state index is 0.180. The van der Waals surface area contributed by atoms with Gasteiger partial charge in [0.25, 0.3) is 0 Å². The van der Waals surface area contributed by atoms with E-state index in [1.54, 1.807) is 14.2 Å². The van der Waals surface area contributed by atoms with Crippen molar-refractivity contribution >= 4 is 0 Å². The lowest BCUT2D eigenvalue weighted by Gasteiger charge is -2.23. The monoisotopic (exact) mass is 251 g/mol. The molecule has 18 heavy (non-hydrogen) atoms. The highest BCUT2D eigenvalue weighted by molar-refractivity contribution is 5.47. The molecule has 1 aromatic carbocycles. The molecule has 0 atom stereocenters. The molecule has 3 nitrogen and oxygen atoms in total. The van der Waals surface area contributed by atoms with Crippen molar-refractivity contribution in [2.45, 2.75) is 33.6 Å². The number of ether oxygens (including phenoxy) is 2. The molecule has 0 aliphatic carbocycles. The molecule has 1 rings (SSSR count). The molecule has 0 aliphatic rings. The van der Waals surface area contributed by atoms with Crippen LogP contribution in [0.1, 0.15) is 31.4 Å². The van der Waals surface area contributed by atoms with Crippen molar-refractivity contribution in [3.05, 3.63) is 23.3 Å². The van der Waals surface area contributed by atoms with Crippen LogP contribution in [0, 0.1) is 12.3 Å². The van der Waals surface area contributed by atoms with Crippen molar-refractivity contribution < 1.29 is 9.47 Å². The Balaban J connectivity index is 2.89. The molecule has 0 unspecified atom stereocenters. The SMILES string of the molecule is COc1cc(C)c(CCC(C)(C)CN)cc1OC. The third-order valence-corrected chi connectivity index (χ3v) is 3.47. The van der Waals surface area contributed by atoms with Gasteiger partial charge in [-0.3, -0.25) is 0 Å². The van der Waals surface area contributed by atoms with Gasteiger partial charge < -0.3 is 15.2 Å². The van der Waals surface area contributed by atoms with Crippen LogP contribution in [-0.4, -0.2) is 20.8 Å². The van der Waals surface area contributed by atoms with Crippen LogP contribution >= 0.6 is 0 Å². The molecule has 0 aliphatic heterocycles. The smallest absolute Gasteiger partial charge is 0.161 e. The molecule has 3 heteroatoms. The average Bonchev–Trinajstić information content (AvgIpc) is 2.36. The van der Waals surface area contributed by atoms with E-state index < -0.39 is 0 Å². The Morgan fingerprint density at radius 2 is 1.67 bits per heavy atom. The van der Waals surface area contributed by atoms with E-state index in [2.05, 4.69) is 26.8 Å². The molecule has 0 saturated heterocycles. The Bertz CT molecular complexity index is 400. The van der Waals surface area contributed by atoms with Crippen LogP contribution in [0.5, 0.6) is 11.5 Å². The van der Waals surface area contributed by atoms with Crippen LogP contribution in [0.3, 0.4) is 0 Å². The van der Waals surface area contributed by atoms with Crippen molar-refractivity contribution in [1.29, 1.82) is 0 Å². The maximum absolute atomic E-state index is 5.77. The van der Waals surface area contributed by atoms with E-state index in [9.17, 15) is 0 Å². The second-order valence-corrected chi connectivity index (χ2v) is 5.50. The van der Waals surface area contributed by atoms with Gasteiger partial charge in [0.2, 0.25) is 0 Å². The summed E-state index contributed by atoms with van der Waals surface area (Å²) in [5.74, 6) is 1.58. The van der Waals surface area contributed by atoms with Gasteiger partial charge in [0.05, 0.1) is 14.2 Å². The Kier molecular flexibility index (Phi) is 5.03. The predicted octanol–water partition coefficient (Wildman–Crippen LogP) is 2.93. The Morgan fingerprint density at radius 1 is 1.11 bits per heavy atom. The summed E-state index contributed by atoms with van der Waals surface area (Å²) >= 11 is 0. The first-order valence-corrected chi connectivity index (χ1v) is 6.35. The van der Waals surface area contributed by atoms with Gasteiger partial charge in [-0.25, -0.2) is 0 Å². The van der Waals surface area contributed by atoms with Crippen LogP contribution in [0.15, 0.2) is 12.1 Å². The standard InChI is InChI=1S/C15H25NO2/c1-11-8-13(17-4)14(18-5)9-12(11)6-7-15(2,3)10-16/h8-9H,6-7,10,16H2,1-5H3. The lowest BCUT2D eigenvalue weighted by molar-refractivity contribution is 0.344. The lowest BCUT2D eigenvalue weighted by Crippen LogP contribution is -2.24. The molecule has 0 fully saturated rings. The number of rotatable bonds is 6. The van der Waals surface area contributed by atoms with Crippen molar-refractivity contribution in [3.63, 3.8) is 0 Å².